The second kappa shape index (κ2) is 5.09. The first-order chi connectivity index (χ1) is 8.15. The Bertz CT molecular complexity index is 393. The van der Waals surface area contributed by atoms with E-state index in [0.29, 0.717) is 11.7 Å². The number of anilines is 1. The van der Waals surface area contributed by atoms with Crippen molar-refractivity contribution in [3.63, 3.8) is 0 Å². The molecule has 1 atom stereocenters. The van der Waals surface area contributed by atoms with Crippen LogP contribution in [0.15, 0.2) is 12.1 Å². The van der Waals surface area contributed by atoms with Gasteiger partial charge in [0.25, 0.3) is 0 Å². The predicted molar refractivity (Wildman–Crippen MR) is 63.0 cm³/mol. The molecule has 2 rings (SSSR count). The summed E-state index contributed by atoms with van der Waals surface area (Å²) in [5, 5.41) is 19.3. The Morgan fingerprint density at radius 3 is 2.94 bits per heavy atom. The highest BCUT2D eigenvalue weighted by Crippen LogP contribution is 2.24. The number of hydrogen-bond acceptors (Lipinski definition) is 5. The molecular formula is C11H16N4O2. The summed E-state index contributed by atoms with van der Waals surface area (Å²) in [7, 11) is 2.09. The molecule has 0 amide bonds. The second-order valence-electron chi connectivity index (χ2n) is 4.34. The highest BCUT2D eigenvalue weighted by atomic mass is 16.4. The van der Waals surface area contributed by atoms with Crippen LogP contribution in [0.25, 0.3) is 0 Å². The number of aromatic nitrogens is 2. The smallest absolute Gasteiger partial charge is 0.322 e. The quantitative estimate of drug-likeness (QED) is 0.787. The average Bonchev–Trinajstić information content (AvgIpc) is 2.74. The number of carbonyl (C=O) groups is 1. The van der Waals surface area contributed by atoms with Crippen molar-refractivity contribution in [3.05, 3.63) is 17.8 Å². The largest absolute Gasteiger partial charge is 0.480 e. The first-order valence-corrected chi connectivity index (χ1v) is 5.63. The van der Waals surface area contributed by atoms with Crippen LogP contribution in [0.5, 0.6) is 0 Å². The van der Waals surface area contributed by atoms with E-state index in [1.807, 2.05) is 6.07 Å². The van der Waals surface area contributed by atoms with Crippen LogP contribution in [-0.4, -0.2) is 52.9 Å². The van der Waals surface area contributed by atoms with Gasteiger partial charge in [0.1, 0.15) is 12.4 Å². The molecule has 6 nitrogen and oxygen atoms in total. The molecule has 1 aromatic rings. The summed E-state index contributed by atoms with van der Waals surface area (Å²) in [6.45, 7) is 1.96. The zero-order valence-corrected chi connectivity index (χ0v) is 9.76. The predicted octanol–water partition coefficient (Wildman–Crippen LogP) is 0.392. The van der Waals surface area contributed by atoms with E-state index in [2.05, 4.69) is 27.5 Å². The van der Waals surface area contributed by atoms with Gasteiger partial charge in [-0.2, -0.15) is 5.10 Å². The first-order valence-electron chi connectivity index (χ1n) is 5.63. The Morgan fingerprint density at radius 2 is 2.41 bits per heavy atom. The lowest BCUT2D eigenvalue weighted by Crippen LogP contribution is -2.15. The lowest BCUT2D eigenvalue weighted by Gasteiger charge is -2.09. The van der Waals surface area contributed by atoms with Gasteiger partial charge < -0.3 is 15.3 Å². The minimum Gasteiger partial charge on any atom is -0.480 e. The molecule has 1 fully saturated rings. The Hall–Kier alpha value is -1.69. The van der Waals surface area contributed by atoms with Gasteiger partial charge >= 0.3 is 5.97 Å². The van der Waals surface area contributed by atoms with E-state index in [4.69, 9.17) is 5.11 Å². The summed E-state index contributed by atoms with van der Waals surface area (Å²) in [5.41, 5.74) is 0.982. The van der Waals surface area contributed by atoms with Crippen LogP contribution in [0.2, 0.25) is 0 Å². The third-order valence-corrected chi connectivity index (χ3v) is 2.92. The molecule has 0 aliphatic carbocycles. The number of aliphatic carboxylic acids is 1. The molecule has 0 aromatic carbocycles. The van der Waals surface area contributed by atoms with Crippen molar-refractivity contribution in [1.29, 1.82) is 0 Å². The van der Waals surface area contributed by atoms with Gasteiger partial charge in [-0.15, -0.1) is 5.10 Å². The molecule has 0 saturated carbocycles. The zero-order chi connectivity index (χ0) is 12.3. The summed E-state index contributed by atoms with van der Waals surface area (Å²) >= 11 is 0. The zero-order valence-electron chi connectivity index (χ0n) is 9.76. The number of carboxylic acids is 1. The summed E-state index contributed by atoms with van der Waals surface area (Å²) in [6.07, 6.45) is 1.10. The number of hydrogen-bond donors (Lipinski definition) is 2. The van der Waals surface area contributed by atoms with Gasteiger partial charge in [0.2, 0.25) is 0 Å². The standard InChI is InChI=1S/C11H16N4O2/c1-15-5-4-8(7-15)9-2-3-10(14-13-9)12-6-11(16)17/h2-3,8H,4-7H2,1H3,(H,12,14)(H,16,17). The Kier molecular flexibility index (Phi) is 3.53. The van der Waals surface area contributed by atoms with Crippen molar-refractivity contribution in [1.82, 2.24) is 15.1 Å². The van der Waals surface area contributed by atoms with Gasteiger partial charge in [0.15, 0.2) is 0 Å². The Labute approximate surface area is 99.7 Å². The van der Waals surface area contributed by atoms with Gasteiger partial charge in [-0.1, -0.05) is 0 Å². The lowest BCUT2D eigenvalue weighted by molar-refractivity contribution is -0.134. The monoisotopic (exact) mass is 236 g/mol. The van der Waals surface area contributed by atoms with Gasteiger partial charge in [0, 0.05) is 12.5 Å². The fourth-order valence-electron chi connectivity index (χ4n) is 2.00. The molecule has 1 aliphatic rings. The SMILES string of the molecule is CN1CCC(c2ccc(NCC(=O)O)nn2)C1. The van der Waals surface area contributed by atoms with Crippen LogP contribution in [0.4, 0.5) is 5.82 Å². The fourth-order valence-corrected chi connectivity index (χ4v) is 2.00. The number of carboxylic acid groups (broad SMARTS) is 1. The van der Waals surface area contributed by atoms with E-state index < -0.39 is 5.97 Å². The first kappa shape index (κ1) is 11.8. The van der Waals surface area contributed by atoms with Crippen LogP contribution in [-0.2, 0) is 4.79 Å². The topological polar surface area (TPSA) is 78.4 Å². The van der Waals surface area contributed by atoms with Gasteiger partial charge in [-0.3, -0.25) is 4.79 Å². The maximum Gasteiger partial charge on any atom is 0.322 e. The molecule has 92 valence electrons. The highest BCUT2D eigenvalue weighted by Gasteiger charge is 2.22. The maximum atomic E-state index is 10.4. The number of nitrogens with zero attached hydrogens (tertiary/aromatic N) is 3. The second-order valence-corrected chi connectivity index (χ2v) is 4.34. The van der Waals surface area contributed by atoms with Crippen molar-refractivity contribution in [2.75, 3.05) is 32.0 Å². The maximum absolute atomic E-state index is 10.4. The molecule has 0 bridgehead atoms. The summed E-state index contributed by atoms with van der Waals surface area (Å²) in [5.74, 6) is 0.0387. The van der Waals surface area contributed by atoms with Crippen molar-refractivity contribution >= 4 is 11.8 Å². The molecule has 1 aliphatic heterocycles. The molecule has 2 heterocycles. The van der Waals surface area contributed by atoms with Crippen LogP contribution in [0, 0.1) is 0 Å². The van der Waals surface area contributed by atoms with E-state index in [0.717, 1.165) is 25.2 Å². The van der Waals surface area contributed by atoms with Gasteiger partial charge in [-0.05, 0) is 32.1 Å². The van der Waals surface area contributed by atoms with Crippen LogP contribution < -0.4 is 5.32 Å². The van der Waals surface area contributed by atoms with Gasteiger partial charge in [0.05, 0.1) is 5.69 Å². The minimum atomic E-state index is -0.909. The molecular weight excluding hydrogens is 220 g/mol. The molecule has 1 aromatic heterocycles. The molecule has 1 saturated heterocycles. The third-order valence-electron chi connectivity index (χ3n) is 2.92. The lowest BCUT2D eigenvalue weighted by atomic mass is 10.1. The number of nitrogens with one attached hydrogen (secondary N) is 1. The number of likely N-dealkylation sites (tertiary alicyclic amines) is 1. The number of rotatable bonds is 4. The third kappa shape index (κ3) is 3.13. The van der Waals surface area contributed by atoms with Crippen molar-refractivity contribution < 1.29 is 9.90 Å². The fraction of sp³-hybridized carbons (Fsp3) is 0.545. The molecule has 2 N–H and O–H groups in total. The van der Waals surface area contributed by atoms with Crippen molar-refractivity contribution in [3.8, 4) is 0 Å². The summed E-state index contributed by atoms with van der Waals surface area (Å²) in [6, 6.07) is 3.70. The van der Waals surface area contributed by atoms with E-state index in [-0.39, 0.29) is 6.54 Å². The minimum absolute atomic E-state index is 0.139. The van der Waals surface area contributed by atoms with Crippen LogP contribution in [0.1, 0.15) is 18.0 Å². The Balaban J connectivity index is 1.95. The molecule has 0 spiro atoms. The molecule has 0 radical (unpaired) electrons. The van der Waals surface area contributed by atoms with Gasteiger partial charge in [-0.25, -0.2) is 0 Å². The highest BCUT2D eigenvalue weighted by molar-refractivity contribution is 5.72. The summed E-state index contributed by atoms with van der Waals surface area (Å²) in [4.78, 5) is 12.6. The summed E-state index contributed by atoms with van der Waals surface area (Å²) < 4.78 is 0. The average molecular weight is 236 g/mol. The molecule has 1 unspecified atom stereocenters. The normalized spacial score (nSPS) is 20.4. The number of likely N-dealkylation sites (N-methyl/N-ethyl adjacent to an activating group) is 1. The Morgan fingerprint density at radius 1 is 1.59 bits per heavy atom. The van der Waals surface area contributed by atoms with Crippen LogP contribution in [0.3, 0.4) is 0 Å². The molecule has 17 heavy (non-hydrogen) atoms. The van der Waals surface area contributed by atoms with E-state index in [1.165, 1.54) is 0 Å². The van der Waals surface area contributed by atoms with E-state index in [9.17, 15) is 4.79 Å². The van der Waals surface area contributed by atoms with E-state index in [1.54, 1.807) is 6.07 Å². The van der Waals surface area contributed by atoms with Crippen LogP contribution >= 0.6 is 0 Å². The molecule has 6 heteroatoms. The van der Waals surface area contributed by atoms with Crippen molar-refractivity contribution in [2.24, 2.45) is 0 Å². The van der Waals surface area contributed by atoms with Crippen molar-refractivity contribution in [2.45, 2.75) is 12.3 Å². The van der Waals surface area contributed by atoms with E-state index >= 15 is 0 Å².